The zero-order valence-electron chi connectivity index (χ0n) is 9.69. The zero-order valence-corrected chi connectivity index (χ0v) is 10.8. The van der Waals surface area contributed by atoms with Gasteiger partial charge in [0, 0.05) is 5.88 Å². The summed E-state index contributed by atoms with van der Waals surface area (Å²) in [4.78, 5) is 0. The van der Waals surface area contributed by atoms with Crippen molar-refractivity contribution in [1.82, 2.24) is 0 Å². The Balaban J connectivity index is 0.000000205. The second-order valence-electron chi connectivity index (χ2n) is 3.73. The smallest absolute Gasteiger partial charge is 0.648 e. The first-order valence-electron chi connectivity index (χ1n) is 5.45. The molecule has 1 aromatic carbocycles. The minimum atomic E-state index is 0. The van der Waals surface area contributed by atoms with E-state index in [1.54, 1.807) is 0 Å². The minimum Gasteiger partial charge on any atom is -0.648 e. The van der Waals surface area contributed by atoms with E-state index in [1.165, 1.54) is 0 Å². The van der Waals surface area contributed by atoms with Crippen LogP contribution in [0.1, 0.15) is 6.92 Å². The molecule has 1 atom stereocenters. The molecule has 1 aliphatic heterocycles. The summed E-state index contributed by atoms with van der Waals surface area (Å²) in [5, 5.41) is 4.33. The van der Waals surface area contributed by atoms with Gasteiger partial charge in [-0.3, -0.25) is 0 Å². The van der Waals surface area contributed by atoms with Gasteiger partial charge in [0.2, 0.25) is 0 Å². The van der Waals surface area contributed by atoms with E-state index >= 15 is 0 Å². The first kappa shape index (κ1) is 13.8. The average Bonchev–Trinajstić information content (AvgIpc) is 3.03. The summed E-state index contributed by atoms with van der Waals surface area (Å²) < 4.78 is 5.36. The second-order valence-corrected chi connectivity index (χ2v) is 3.73. The van der Waals surface area contributed by atoms with E-state index in [4.69, 9.17) is 4.74 Å². The molecule has 0 unspecified atom stereocenters. The number of allylic oxidation sites excluding steroid dienone is 5. The summed E-state index contributed by atoms with van der Waals surface area (Å²) in [6.07, 6.45) is 8.00. The molecule has 1 aliphatic carbocycles. The van der Waals surface area contributed by atoms with Crippen molar-refractivity contribution in [1.29, 1.82) is 0 Å². The van der Waals surface area contributed by atoms with Crippen LogP contribution in [0.15, 0.2) is 66.1 Å². The maximum absolute atomic E-state index is 5.36. The fourth-order valence-corrected chi connectivity index (χ4v) is 1.47. The average molecular weight is 269 g/mol. The molecule has 0 aromatic heterocycles. The van der Waals surface area contributed by atoms with Gasteiger partial charge >= 0.3 is 17.1 Å². The summed E-state index contributed by atoms with van der Waals surface area (Å²) in [5.74, 6) is 0.794. The number of ether oxygens (including phenoxy) is 1. The Morgan fingerprint density at radius 1 is 1.24 bits per heavy atom. The molecule has 90 valence electrons. The molecule has 1 heterocycles. The van der Waals surface area contributed by atoms with Gasteiger partial charge in [0.1, 0.15) is 0 Å². The van der Waals surface area contributed by atoms with Crippen molar-refractivity contribution in [2.75, 3.05) is 6.61 Å². The van der Waals surface area contributed by atoms with Crippen LogP contribution in [0.3, 0.4) is 0 Å². The van der Waals surface area contributed by atoms with Gasteiger partial charge in [-0.2, -0.15) is 18.2 Å². The normalized spacial score (nSPS) is 20.2. The number of nitrogens with zero attached hydrogens (tertiary/aromatic N) is 1. The van der Waals surface area contributed by atoms with E-state index in [1.807, 2.05) is 54.6 Å². The van der Waals surface area contributed by atoms with E-state index in [0.29, 0.717) is 6.04 Å². The van der Waals surface area contributed by atoms with Crippen LogP contribution in [0.25, 0.3) is 5.32 Å². The first-order chi connectivity index (χ1) is 7.86. The monoisotopic (exact) mass is 269 g/mol. The second kappa shape index (κ2) is 7.10. The molecule has 3 rings (SSSR count). The van der Waals surface area contributed by atoms with Gasteiger partial charge in [0.15, 0.2) is 0 Å². The summed E-state index contributed by atoms with van der Waals surface area (Å²) in [5.41, 5.74) is 1.09. The van der Waals surface area contributed by atoms with Gasteiger partial charge in [0.05, 0.1) is 6.61 Å². The summed E-state index contributed by atoms with van der Waals surface area (Å²) in [7, 11) is 0. The van der Waals surface area contributed by atoms with Crippen LogP contribution in [-0.4, -0.2) is 12.6 Å². The Kier molecular flexibility index (Phi) is 5.74. The molecular formula is C14H15FeNO. The molecule has 0 bridgehead atoms. The summed E-state index contributed by atoms with van der Waals surface area (Å²) in [6.45, 7) is 2.77. The Bertz CT molecular complexity index is 373. The molecule has 2 nitrogen and oxygen atoms in total. The molecule has 1 saturated heterocycles. The van der Waals surface area contributed by atoms with Crippen molar-refractivity contribution >= 4 is 0 Å². The topological polar surface area (TPSA) is 23.3 Å². The van der Waals surface area contributed by atoms with E-state index in [0.717, 1.165) is 18.1 Å². The van der Waals surface area contributed by atoms with Gasteiger partial charge in [0.25, 0.3) is 0 Å². The fourth-order valence-electron chi connectivity index (χ4n) is 1.47. The van der Waals surface area contributed by atoms with Crippen molar-refractivity contribution in [3.05, 3.63) is 71.4 Å². The van der Waals surface area contributed by atoms with E-state index in [9.17, 15) is 0 Å². The predicted octanol–water partition coefficient (Wildman–Crippen LogP) is 3.52. The maximum Gasteiger partial charge on any atom is 2.00 e. The molecule has 17 heavy (non-hydrogen) atoms. The standard InChI is InChI=1S/C9H10NO.C5H5.Fe/c1-7-6-11-9(10-7)8-4-2-3-5-8;1-2-4-5-3-1;/h2-5,7H,6H2,1H3;1-5H;/q2*-1;+2/t7-;;/m0../s1. The number of hydrogen-bond acceptors (Lipinski definition) is 1. The van der Waals surface area contributed by atoms with Gasteiger partial charge in [-0.25, -0.2) is 12.1 Å². The van der Waals surface area contributed by atoms with Crippen molar-refractivity contribution in [3.8, 4) is 0 Å². The van der Waals surface area contributed by atoms with Gasteiger partial charge in [-0.15, -0.1) is 0 Å². The molecule has 1 aromatic rings. The molecular weight excluding hydrogens is 254 g/mol. The van der Waals surface area contributed by atoms with Crippen LogP contribution in [-0.2, 0) is 21.8 Å². The van der Waals surface area contributed by atoms with E-state index in [-0.39, 0.29) is 17.1 Å². The third-order valence-corrected chi connectivity index (χ3v) is 2.26. The quantitative estimate of drug-likeness (QED) is 0.522. The molecule has 1 fully saturated rings. The molecule has 0 N–H and O–H groups in total. The van der Waals surface area contributed by atoms with Crippen LogP contribution < -0.4 is 0 Å². The Hall–Kier alpha value is -1.31. The van der Waals surface area contributed by atoms with Crippen molar-refractivity contribution in [3.63, 3.8) is 0 Å². The number of hydrogen-bond donors (Lipinski definition) is 0. The largest absolute Gasteiger partial charge is 2.00 e. The van der Waals surface area contributed by atoms with Crippen molar-refractivity contribution in [2.24, 2.45) is 0 Å². The van der Waals surface area contributed by atoms with Crippen LogP contribution in [0.4, 0.5) is 0 Å². The molecule has 0 amide bonds. The minimum absolute atomic E-state index is 0. The van der Waals surface area contributed by atoms with Crippen LogP contribution >= 0.6 is 0 Å². The van der Waals surface area contributed by atoms with Crippen molar-refractivity contribution in [2.45, 2.75) is 13.0 Å². The van der Waals surface area contributed by atoms with Gasteiger partial charge in [-0.1, -0.05) is 37.3 Å². The van der Waals surface area contributed by atoms with E-state index < -0.39 is 0 Å². The van der Waals surface area contributed by atoms with Gasteiger partial charge < -0.3 is 10.1 Å². The van der Waals surface area contributed by atoms with E-state index in [2.05, 4.69) is 12.2 Å². The van der Waals surface area contributed by atoms with Crippen LogP contribution in [0, 0.1) is 0 Å². The molecule has 3 heteroatoms. The SMILES string of the molecule is C[C@H]1COC(=C2C=CC=C2)[N-]1.[Fe+2].c1cc[cH-]c1. The predicted molar refractivity (Wildman–Crippen MR) is 66.1 cm³/mol. The third-order valence-electron chi connectivity index (χ3n) is 2.26. The molecule has 0 radical (unpaired) electrons. The molecule has 0 saturated carbocycles. The van der Waals surface area contributed by atoms with Crippen LogP contribution in [0.5, 0.6) is 0 Å². The fraction of sp³-hybridized carbons (Fsp3) is 0.214. The third kappa shape index (κ3) is 4.21. The summed E-state index contributed by atoms with van der Waals surface area (Å²) >= 11 is 0. The van der Waals surface area contributed by atoms with Crippen molar-refractivity contribution < 1.29 is 21.8 Å². The molecule has 2 aliphatic rings. The zero-order chi connectivity index (χ0) is 11.2. The molecule has 0 spiro atoms. The number of rotatable bonds is 0. The Morgan fingerprint density at radius 3 is 2.29 bits per heavy atom. The maximum atomic E-state index is 5.36. The van der Waals surface area contributed by atoms with Crippen LogP contribution in [0.2, 0.25) is 0 Å². The van der Waals surface area contributed by atoms with Gasteiger partial charge in [-0.05, 0) is 5.57 Å². The summed E-state index contributed by atoms with van der Waals surface area (Å²) in [6, 6.07) is 10.3. The Labute approximate surface area is 113 Å². The Morgan fingerprint density at radius 2 is 1.88 bits per heavy atom. The first-order valence-corrected chi connectivity index (χ1v) is 5.45.